The molecule has 0 amide bonds. The molecule has 0 aromatic rings. The standard InChI is InChI=1S/C7H13NO.C2H6/c1-6(7(2)9)5-8(3)4;1-2/h5H,1-4H3;1-2H3/b6-5+;. The first-order valence-corrected chi connectivity index (χ1v) is 3.90. The summed E-state index contributed by atoms with van der Waals surface area (Å²) in [4.78, 5) is 12.4. The normalized spacial score (nSPS) is 9.82. The van der Waals surface area contributed by atoms with Crippen molar-refractivity contribution >= 4 is 5.78 Å². The van der Waals surface area contributed by atoms with Gasteiger partial charge in [0.2, 0.25) is 0 Å². The summed E-state index contributed by atoms with van der Waals surface area (Å²) in [5.41, 5.74) is 0.792. The van der Waals surface area contributed by atoms with E-state index in [1.54, 1.807) is 6.92 Å². The Kier molecular flexibility index (Phi) is 8.55. The molecule has 0 saturated heterocycles. The third-order valence-electron chi connectivity index (χ3n) is 1.01. The van der Waals surface area contributed by atoms with Crippen LogP contribution in [0.5, 0.6) is 0 Å². The van der Waals surface area contributed by atoms with Crippen molar-refractivity contribution in [1.82, 2.24) is 4.90 Å². The molecule has 0 aliphatic rings. The maximum absolute atomic E-state index is 10.6. The Labute approximate surface area is 69.9 Å². The van der Waals surface area contributed by atoms with E-state index in [9.17, 15) is 4.79 Å². The Morgan fingerprint density at radius 2 is 1.55 bits per heavy atom. The molecule has 2 nitrogen and oxygen atoms in total. The molecule has 0 N–H and O–H groups in total. The summed E-state index contributed by atoms with van der Waals surface area (Å²) < 4.78 is 0. The van der Waals surface area contributed by atoms with E-state index in [4.69, 9.17) is 0 Å². The molecular formula is C9H19NO. The van der Waals surface area contributed by atoms with Crippen molar-refractivity contribution in [2.45, 2.75) is 27.7 Å². The zero-order valence-corrected chi connectivity index (χ0v) is 8.43. The fourth-order valence-corrected chi connectivity index (χ4v) is 0.478. The molecule has 0 bridgehead atoms. The lowest BCUT2D eigenvalue weighted by Gasteiger charge is -2.04. The van der Waals surface area contributed by atoms with Crippen molar-refractivity contribution < 1.29 is 4.79 Å². The molecule has 0 aliphatic carbocycles. The van der Waals surface area contributed by atoms with Gasteiger partial charge in [0.1, 0.15) is 0 Å². The van der Waals surface area contributed by atoms with E-state index >= 15 is 0 Å². The molecule has 0 heterocycles. The highest BCUT2D eigenvalue weighted by Gasteiger charge is 1.93. The van der Waals surface area contributed by atoms with Crippen LogP contribution in [-0.2, 0) is 4.79 Å². The Morgan fingerprint density at radius 3 is 1.64 bits per heavy atom. The molecule has 0 radical (unpaired) electrons. The quantitative estimate of drug-likeness (QED) is 0.572. The van der Waals surface area contributed by atoms with Gasteiger partial charge in [0, 0.05) is 25.9 Å². The van der Waals surface area contributed by atoms with Crippen LogP contribution < -0.4 is 0 Å². The molecule has 66 valence electrons. The molecule has 0 rings (SSSR count). The van der Waals surface area contributed by atoms with E-state index < -0.39 is 0 Å². The smallest absolute Gasteiger partial charge is 0.156 e. The molecular weight excluding hydrogens is 138 g/mol. The summed E-state index contributed by atoms with van der Waals surface area (Å²) in [7, 11) is 3.79. The topological polar surface area (TPSA) is 20.3 Å². The van der Waals surface area contributed by atoms with Crippen LogP contribution in [-0.4, -0.2) is 24.8 Å². The van der Waals surface area contributed by atoms with E-state index in [2.05, 4.69) is 0 Å². The minimum Gasteiger partial charge on any atom is -0.383 e. The lowest BCUT2D eigenvalue weighted by molar-refractivity contribution is -0.113. The van der Waals surface area contributed by atoms with E-state index in [0.29, 0.717) is 0 Å². The molecule has 11 heavy (non-hydrogen) atoms. The lowest BCUT2D eigenvalue weighted by atomic mass is 10.2. The fourth-order valence-electron chi connectivity index (χ4n) is 0.478. The third kappa shape index (κ3) is 9.21. The van der Waals surface area contributed by atoms with Gasteiger partial charge in [0.05, 0.1) is 0 Å². The van der Waals surface area contributed by atoms with Crippen LogP contribution in [0.15, 0.2) is 11.8 Å². The number of hydrogen-bond donors (Lipinski definition) is 0. The van der Waals surface area contributed by atoms with E-state index in [1.807, 2.05) is 46.0 Å². The predicted octanol–water partition coefficient (Wildman–Crippen LogP) is 2.07. The number of carbonyl (C=O) groups is 1. The van der Waals surface area contributed by atoms with Crippen LogP contribution in [0.4, 0.5) is 0 Å². The lowest BCUT2D eigenvalue weighted by Crippen LogP contribution is -2.04. The maximum Gasteiger partial charge on any atom is 0.156 e. The second-order valence-electron chi connectivity index (χ2n) is 2.33. The number of carbonyl (C=O) groups excluding carboxylic acids is 1. The van der Waals surface area contributed by atoms with Crippen molar-refractivity contribution in [1.29, 1.82) is 0 Å². The molecule has 0 aromatic carbocycles. The van der Waals surface area contributed by atoms with Gasteiger partial charge in [0.15, 0.2) is 5.78 Å². The summed E-state index contributed by atoms with van der Waals surface area (Å²) in [6, 6.07) is 0. The molecule has 0 saturated carbocycles. The third-order valence-corrected chi connectivity index (χ3v) is 1.01. The molecule has 2 heteroatoms. The molecule has 0 aliphatic heterocycles. The molecule has 0 atom stereocenters. The van der Waals surface area contributed by atoms with Gasteiger partial charge in [-0.1, -0.05) is 13.8 Å². The zero-order chi connectivity index (χ0) is 9.44. The van der Waals surface area contributed by atoms with Crippen molar-refractivity contribution in [3.63, 3.8) is 0 Å². The summed E-state index contributed by atoms with van der Waals surface area (Å²) in [6.45, 7) is 7.37. The maximum atomic E-state index is 10.6. The minimum atomic E-state index is 0.128. The van der Waals surface area contributed by atoms with E-state index in [1.165, 1.54) is 0 Å². The Bertz CT molecular complexity index is 136. The van der Waals surface area contributed by atoms with Crippen LogP contribution in [0.2, 0.25) is 0 Å². The van der Waals surface area contributed by atoms with Crippen LogP contribution in [0.3, 0.4) is 0 Å². The van der Waals surface area contributed by atoms with Crippen molar-refractivity contribution in [3.8, 4) is 0 Å². The van der Waals surface area contributed by atoms with Gasteiger partial charge in [-0.15, -0.1) is 0 Å². The van der Waals surface area contributed by atoms with Gasteiger partial charge in [-0.25, -0.2) is 0 Å². The van der Waals surface area contributed by atoms with Gasteiger partial charge >= 0.3 is 0 Å². The molecule has 0 aromatic heterocycles. The Balaban J connectivity index is 0. The van der Waals surface area contributed by atoms with Gasteiger partial charge in [-0.05, 0) is 13.8 Å². The van der Waals surface area contributed by atoms with Gasteiger partial charge in [-0.2, -0.15) is 0 Å². The summed E-state index contributed by atoms with van der Waals surface area (Å²) in [5.74, 6) is 0.128. The largest absolute Gasteiger partial charge is 0.383 e. The SMILES string of the molecule is CC.CC(=O)/C(C)=C/N(C)C. The number of ketones is 1. The minimum absolute atomic E-state index is 0.128. The van der Waals surface area contributed by atoms with Gasteiger partial charge < -0.3 is 4.90 Å². The first kappa shape index (κ1) is 12.8. The number of rotatable bonds is 2. The molecule has 0 unspecified atom stereocenters. The number of nitrogens with zero attached hydrogens (tertiary/aromatic N) is 1. The highest BCUT2D eigenvalue weighted by molar-refractivity contribution is 5.92. The Morgan fingerprint density at radius 1 is 1.18 bits per heavy atom. The van der Waals surface area contributed by atoms with Gasteiger partial charge in [-0.3, -0.25) is 4.79 Å². The number of Topliss-reactive ketones (excluding diaryl/α,β-unsaturated/α-hetero) is 1. The first-order valence-electron chi connectivity index (χ1n) is 3.90. The summed E-state index contributed by atoms with van der Waals surface area (Å²) in [6.07, 6.45) is 1.81. The first-order chi connectivity index (χ1) is 5.04. The molecule has 0 fully saturated rings. The monoisotopic (exact) mass is 157 g/mol. The van der Waals surface area contributed by atoms with Crippen LogP contribution in [0, 0.1) is 0 Å². The average Bonchev–Trinajstić information content (AvgIpc) is 1.90. The van der Waals surface area contributed by atoms with Crippen LogP contribution >= 0.6 is 0 Å². The van der Waals surface area contributed by atoms with Crippen molar-refractivity contribution in [2.75, 3.05) is 14.1 Å². The average molecular weight is 157 g/mol. The van der Waals surface area contributed by atoms with E-state index in [0.717, 1.165) is 5.57 Å². The summed E-state index contributed by atoms with van der Waals surface area (Å²) >= 11 is 0. The molecule has 0 spiro atoms. The van der Waals surface area contributed by atoms with Crippen LogP contribution in [0.1, 0.15) is 27.7 Å². The Hall–Kier alpha value is -0.790. The zero-order valence-electron chi connectivity index (χ0n) is 8.43. The predicted molar refractivity (Wildman–Crippen MR) is 49.5 cm³/mol. The second-order valence-corrected chi connectivity index (χ2v) is 2.33. The van der Waals surface area contributed by atoms with Crippen molar-refractivity contribution in [2.24, 2.45) is 0 Å². The fraction of sp³-hybridized carbons (Fsp3) is 0.667. The highest BCUT2D eigenvalue weighted by Crippen LogP contribution is 1.93. The number of allylic oxidation sites excluding steroid dienone is 1. The number of hydrogen-bond acceptors (Lipinski definition) is 2. The van der Waals surface area contributed by atoms with Gasteiger partial charge in [0.25, 0.3) is 0 Å². The van der Waals surface area contributed by atoms with Crippen LogP contribution in [0.25, 0.3) is 0 Å². The summed E-state index contributed by atoms with van der Waals surface area (Å²) in [5, 5.41) is 0. The van der Waals surface area contributed by atoms with E-state index in [-0.39, 0.29) is 5.78 Å². The second kappa shape index (κ2) is 7.32. The highest BCUT2D eigenvalue weighted by atomic mass is 16.1. The van der Waals surface area contributed by atoms with Crippen molar-refractivity contribution in [3.05, 3.63) is 11.8 Å².